The van der Waals surface area contributed by atoms with Gasteiger partial charge in [0.15, 0.2) is 11.6 Å². The van der Waals surface area contributed by atoms with E-state index >= 15 is 0 Å². The lowest BCUT2D eigenvalue weighted by atomic mass is 10.1. The van der Waals surface area contributed by atoms with Crippen LogP contribution in [-0.2, 0) is 27.8 Å². The number of halogens is 1. The maximum atomic E-state index is 14.2. The summed E-state index contributed by atoms with van der Waals surface area (Å²) in [5.74, 6) is 0.690. The molecule has 0 unspecified atom stereocenters. The van der Waals surface area contributed by atoms with Gasteiger partial charge in [0, 0.05) is 13.5 Å². The molecule has 0 saturated carbocycles. The molecule has 0 saturated heterocycles. The van der Waals surface area contributed by atoms with E-state index in [4.69, 9.17) is 9.88 Å². The highest BCUT2D eigenvalue weighted by Crippen LogP contribution is 2.20. The predicted molar refractivity (Wildman–Crippen MR) is 86.6 cm³/mol. The molecule has 0 aliphatic heterocycles. The van der Waals surface area contributed by atoms with Gasteiger partial charge in [-0.15, -0.1) is 0 Å². The largest absolute Gasteiger partial charge is 0.377 e. The van der Waals surface area contributed by atoms with Crippen LogP contribution in [0.5, 0.6) is 0 Å². The van der Waals surface area contributed by atoms with E-state index in [0.29, 0.717) is 24.0 Å². The predicted octanol–water partition coefficient (Wildman–Crippen LogP) is 1.79. The molecule has 132 valence electrons. The van der Waals surface area contributed by atoms with Gasteiger partial charge in [-0.3, -0.25) is 0 Å². The summed E-state index contributed by atoms with van der Waals surface area (Å²) in [5.41, 5.74) is -0.0310. The molecule has 1 aromatic heterocycles. The third-order valence-electron chi connectivity index (χ3n) is 3.69. The van der Waals surface area contributed by atoms with Crippen LogP contribution in [0.4, 0.5) is 4.39 Å². The molecule has 0 radical (unpaired) electrons. The highest BCUT2D eigenvalue weighted by Gasteiger charge is 2.18. The molecule has 24 heavy (non-hydrogen) atoms. The third kappa shape index (κ3) is 4.16. The number of hydrogen-bond donors (Lipinski definition) is 1. The van der Waals surface area contributed by atoms with Gasteiger partial charge < -0.3 is 4.74 Å². The fourth-order valence-electron chi connectivity index (χ4n) is 2.18. The minimum Gasteiger partial charge on any atom is -0.377 e. The fraction of sp³-hybridized carbons (Fsp3) is 0.467. The number of methoxy groups -OCH3 is 1. The van der Waals surface area contributed by atoms with Crippen LogP contribution in [-0.4, -0.2) is 30.3 Å². The van der Waals surface area contributed by atoms with Crippen LogP contribution in [0.3, 0.4) is 0 Å². The van der Waals surface area contributed by atoms with Gasteiger partial charge in [0.25, 0.3) is 0 Å². The number of nitrogens with two attached hydrogens (primary N) is 1. The molecule has 0 amide bonds. The van der Waals surface area contributed by atoms with Crippen molar-refractivity contribution >= 4 is 10.0 Å². The Morgan fingerprint density at radius 2 is 2.12 bits per heavy atom. The Morgan fingerprint density at radius 3 is 2.71 bits per heavy atom. The Bertz CT molecular complexity index is 820. The van der Waals surface area contributed by atoms with E-state index in [2.05, 4.69) is 23.9 Å². The number of nitrogens with zero attached hydrogens (tertiary/aromatic N) is 3. The van der Waals surface area contributed by atoms with E-state index in [9.17, 15) is 12.8 Å². The van der Waals surface area contributed by atoms with Crippen molar-refractivity contribution in [1.82, 2.24) is 14.8 Å². The molecule has 2 N–H and O–H groups in total. The number of sulfonamides is 1. The Kier molecular flexibility index (Phi) is 5.68. The quantitative estimate of drug-likeness (QED) is 0.815. The van der Waals surface area contributed by atoms with Crippen molar-refractivity contribution in [3.63, 3.8) is 0 Å². The first kappa shape index (κ1) is 18.5. The summed E-state index contributed by atoms with van der Waals surface area (Å²) < 4.78 is 43.6. The average Bonchev–Trinajstić information content (AvgIpc) is 2.89. The van der Waals surface area contributed by atoms with Gasteiger partial charge in [-0.1, -0.05) is 20.3 Å². The Labute approximate surface area is 140 Å². The van der Waals surface area contributed by atoms with Crippen LogP contribution in [0.25, 0.3) is 5.69 Å². The number of ether oxygens (including phenoxy) is 1. The van der Waals surface area contributed by atoms with Crippen molar-refractivity contribution in [2.45, 2.75) is 38.2 Å². The van der Waals surface area contributed by atoms with Crippen molar-refractivity contribution in [1.29, 1.82) is 0 Å². The minimum absolute atomic E-state index is 0.0310. The molecule has 7 nitrogen and oxygen atoms in total. The molecule has 1 heterocycles. The molecule has 0 bridgehead atoms. The Hall–Kier alpha value is -1.84. The Morgan fingerprint density at radius 1 is 1.42 bits per heavy atom. The Balaban J connectivity index is 2.54. The minimum atomic E-state index is -3.95. The maximum absolute atomic E-state index is 14.2. The normalized spacial score (nSPS) is 13.2. The molecule has 2 rings (SSSR count). The van der Waals surface area contributed by atoms with Gasteiger partial charge in [-0.25, -0.2) is 27.6 Å². The zero-order valence-corrected chi connectivity index (χ0v) is 14.7. The number of hydrogen-bond acceptors (Lipinski definition) is 5. The number of aromatic nitrogens is 3. The van der Waals surface area contributed by atoms with Crippen molar-refractivity contribution in [2.24, 2.45) is 11.1 Å². The lowest BCUT2D eigenvalue weighted by molar-refractivity contribution is 0.175. The average molecular weight is 356 g/mol. The van der Waals surface area contributed by atoms with Gasteiger partial charge in [-0.05, 0) is 24.1 Å². The van der Waals surface area contributed by atoms with E-state index in [0.717, 1.165) is 24.6 Å². The van der Waals surface area contributed by atoms with Crippen LogP contribution in [0.2, 0.25) is 0 Å². The first-order valence-corrected chi connectivity index (χ1v) is 9.07. The summed E-state index contributed by atoms with van der Waals surface area (Å²) in [4.78, 5) is 4.18. The summed E-state index contributed by atoms with van der Waals surface area (Å²) >= 11 is 0. The first-order chi connectivity index (χ1) is 11.3. The molecule has 0 aliphatic rings. The molecule has 0 fully saturated rings. The first-order valence-electron chi connectivity index (χ1n) is 7.52. The third-order valence-corrected chi connectivity index (χ3v) is 4.60. The van der Waals surface area contributed by atoms with Crippen molar-refractivity contribution < 1.29 is 17.5 Å². The van der Waals surface area contributed by atoms with E-state index in [1.165, 1.54) is 11.8 Å². The number of benzene rings is 1. The summed E-state index contributed by atoms with van der Waals surface area (Å²) in [5, 5.41) is 9.44. The van der Waals surface area contributed by atoms with Gasteiger partial charge in [0.1, 0.15) is 18.1 Å². The van der Waals surface area contributed by atoms with Crippen molar-refractivity contribution in [2.75, 3.05) is 7.11 Å². The summed E-state index contributed by atoms with van der Waals surface area (Å²) in [6, 6.07) is 3.30. The smallest absolute Gasteiger partial charge is 0.238 e. The van der Waals surface area contributed by atoms with E-state index in [-0.39, 0.29) is 17.2 Å². The van der Waals surface area contributed by atoms with Crippen molar-refractivity contribution in [3.05, 3.63) is 35.7 Å². The molecule has 1 aromatic carbocycles. The van der Waals surface area contributed by atoms with Crippen LogP contribution in [0.1, 0.15) is 31.9 Å². The zero-order chi connectivity index (χ0) is 17.9. The van der Waals surface area contributed by atoms with E-state index in [1.807, 2.05) is 0 Å². The number of rotatable bonds is 7. The highest BCUT2D eigenvalue weighted by molar-refractivity contribution is 7.89. The van der Waals surface area contributed by atoms with Crippen LogP contribution in [0.15, 0.2) is 23.1 Å². The van der Waals surface area contributed by atoms with E-state index in [1.54, 1.807) is 0 Å². The molecule has 2 aromatic rings. The fourth-order valence-corrected chi connectivity index (χ4v) is 2.72. The standard InChI is InChI=1S/C15H21FN4O3S/c1-4-10(2)7-14-18-15(9-23-3)20(19-14)13-8-11(24(17,21)22)5-6-12(13)16/h5-6,8,10H,4,7,9H2,1-3H3,(H2,17,21,22)/t10-/m0/s1. The second kappa shape index (κ2) is 7.37. The molecular formula is C15H21FN4O3S. The zero-order valence-electron chi connectivity index (χ0n) is 13.9. The number of primary sulfonamides is 1. The maximum Gasteiger partial charge on any atom is 0.238 e. The summed E-state index contributed by atoms with van der Waals surface area (Å²) in [7, 11) is -2.46. The van der Waals surface area contributed by atoms with Gasteiger partial charge >= 0.3 is 0 Å². The molecule has 0 spiro atoms. The lowest BCUT2D eigenvalue weighted by Crippen LogP contribution is -2.14. The molecule has 1 atom stereocenters. The van der Waals surface area contributed by atoms with Crippen LogP contribution < -0.4 is 5.14 Å². The van der Waals surface area contributed by atoms with Gasteiger partial charge in [0.05, 0.1) is 4.90 Å². The monoisotopic (exact) mass is 356 g/mol. The lowest BCUT2D eigenvalue weighted by Gasteiger charge is -2.08. The highest BCUT2D eigenvalue weighted by atomic mass is 32.2. The van der Waals surface area contributed by atoms with Crippen LogP contribution >= 0.6 is 0 Å². The molecule has 0 aliphatic carbocycles. The van der Waals surface area contributed by atoms with Crippen LogP contribution in [0, 0.1) is 11.7 Å². The second-order valence-corrected chi connectivity index (χ2v) is 7.23. The topological polar surface area (TPSA) is 100 Å². The second-order valence-electron chi connectivity index (χ2n) is 5.66. The summed E-state index contributed by atoms with van der Waals surface area (Å²) in [6.07, 6.45) is 1.60. The summed E-state index contributed by atoms with van der Waals surface area (Å²) in [6.45, 7) is 4.25. The molecular weight excluding hydrogens is 335 g/mol. The van der Waals surface area contributed by atoms with Crippen molar-refractivity contribution in [3.8, 4) is 5.69 Å². The van der Waals surface area contributed by atoms with Gasteiger partial charge in [0.2, 0.25) is 10.0 Å². The molecule has 9 heteroatoms. The van der Waals surface area contributed by atoms with E-state index < -0.39 is 15.8 Å². The van der Waals surface area contributed by atoms with Gasteiger partial charge in [-0.2, -0.15) is 5.10 Å². The SMILES string of the molecule is CC[C@H](C)Cc1nc(COC)n(-c2cc(S(N)(=O)=O)ccc2F)n1.